The highest BCUT2D eigenvalue weighted by Gasteiger charge is 2.51. The molecule has 2 heterocycles. The highest BCUT2D eigenvalue weighted by molar-refractivity contribution is 9.10. The van der Waals surface area contributed by atoms with Gasteiger partial charge in [-0.15, -0.1) is 0 Å². The molecule has 1 N–H and O–H groups in total. The molecule has 3 aromatic carbocycles. The minimum Gasteiger partial charge on any atom is -0.385 e. The van der Waals surface area contributed by atoms with Gasteiger partial charge in [0.1, 0.15) is 0 Å². The van der Waals surface area contributed by atoms with Crippen molar-refractivity contribution < 1.29 is 5.11 Å². The second-order valence-electron chi connectivity index (χ2n) is 8.58. The molecule has 0 saturated carbocycles. The van der Waals surface area contributed by atoms with E-state index < -0.39 is 5.60 Å². The Morgan fingerprint density at radius 1 is 0.733 bits per heavy atom. The van der Waals surface area contributed by atoms with E-state index in [0.29, 0.717) is 12.1 Å². The molecule has 2 unspecified atom stereocenters. The molecule has 2 bridgehead atoms. The van der Waals surface area contributed by atoms with Crippen molar-refractivity contribution in [1.82, 2.24) is 4.90 Å². The summed E-state index contributed by atoms with van der Waals surface area (Å²) in [5, 5.41) is 11.6. The van der Waals surface area contributed by atoms with E-state index in [2.05, 4.69) is 97.4 Å². The molecule has 2 fully saturated rings. The number of hydrogen-bond donors (Lipinski definition) is 1. The average Bonchev–Trinajstić information content (AvgIpc) is 3.02. The maximum atomic E-state index is 11.6. The van der Waals surface area contributed by atoms with Gasteiger partial charge in [-0.05, 0) is 54.5 Å². The lowest BCUT2D eigenvalue weighted by Crippen LogP contribution is -2.51. The molecule has 2 saturated heterocycles. The van der Waals surface area contributed by atoms with Gasteiger partial charge in [-0.3, -0.25) is 4.90 Å². The van der Waals surface area contributed by atoms with Crippen molar-refractivity contribution in [2.75, 3.05) is 0 Å². The average molecular weight is 527 g/mol. The Hall–Kier alpha value is -1.46. The predicted octanol–water partition coefficient (Wildman–Crippen LogP) is 6.82. The molecule has 0 radical (unpaired) electrons. The Balaban J connectivity index is 1.57. The number of piperidine rings is 1. The summed E-state index contributed by atoms with van der Waals surface area (Å²) in [7, 11) is 0. The SMILES string of the molecule is OC1(c2ccccc2)CC2CCC(C1)N2C(c1ccccc1Br)c1ccccc1Br. The second-order valence-corrected chi connectivity index (χ2v) is 10.3. The molecule has 0 aromatic heterocycles. The van der Waals surface area contributed by atoms with Crippen molar-refractivity contribution in [3.63, 3.8) is 0 Å². The van der Waals surface area contributed by atoms with Gasteiger partial charge in [0, 0.05) is 21.0 Å². The van der Waals surface area contributed by atoms with Crippen molar-refractivity contribution in [2.45, 2.75) is 49.4 Å². The number of nitrogens with zero attached hydrogens (tertiary/aromatic N) is 1. The molecule has 30 heavy (non-hydrogen) atoms. The third kappa shape index (κ3) is 3.58. The lowest BCUT2D eigenvalue weighted by molar-refractivity contribution is -0.0658. The Bertz CT molecular complexity index is 978. The van der Waals surface area contributed by atoms with E-state index in [9.17, 15) is 5.11 Å². The smallest absolute Gasteiger partial charge is 0.0926 e. The molecule has 2 aliphatic rings. The summed E-state index contributed by atoms with van der Waals surface area (Å²) in [6.07, 6.45) is 3.81. The summed E-state index contributed by atoms with van der Waals surface area (Å²) < 4.78 is 2.27. The highest BCUT2D eigenvalue weighted by Crippen LogP contribution is 2.51. The summed E-state index contributed by atoms with van der Waals surface area (Å²) in [5.74, 6) is 0. The van der Waals surface area contributed by atoms with Gasteiger partial charge in [0.05, 0.1) is 11.6 Å². The van der Waals surface area contributed by atoms with Crippen LogP contribution in [0.1, 0.15) is 48.4 Å². The Kier molecular flexibility index (Phi) is 5.61. The number of rotatable bonds is 4. The zero-order chi connectivity index (χ0) is 20.7. The quantitative estimate of drug-likeness (QED) is 0.403. The van der Waals surface area contributed by atoms with Crippen LogP contribution in [-0.2, 0) is 5.60 Å². The fourth-order valence-electron chi connectivity index (χ4n) is 5.55. The van der Waals surface area contributed by atoms with Crippen LogP contribution in [0.2, 0.25) is 0 Å². The van der Waals surface area contributed by atoms with Crippen LogP contribution in [0.3, 0.4) is 0 Å². The van der Waals surface area contributed by atoms with E-state index in [1.54, 1.807) is 0 Å². The molecule has 2 atom stereocenters. The Morgan fingerprint density at radius 2 is 1.20 bits per heavy atom. The first-order chi connectivity index (χ1) is 14.6. The molecular weight excluding hydrogens is 502 g/mol. The molecular formula is C26H25Br2NO. The standard InChI is InChI=1S/C26H25Br2NO/c27-23-12-6-4-10-21(23)25(22-11-5-7-13-24(22)28)29-19-14-15-20(29)17-26(30,16-19)18-8-2-1-3-9-18/h1-13,19-20,25,30H,14-17H2. The number of halogens is 2. The van der Waals surface area contributed by atoms with Gasteiger partial charge in [0.2, 0.25) is 0 Å². The van der Waals surface area contributed by atoms with E-state index in [1.807, 2.05) is 18.2 Å². The van der Waals surface area contributed by atoms with E-state index in [4.69, 9.17) is 0 Å². The molecule has 154 valence electrons. The van der Waals surface area contributed by atoms with Gasteiger partial charge in [0.15, 0.2) is 0 Å². The summed E-state index contributed by atoms with van der Waals surface area (Å²) in [4.78, 5) is 2.68. The monoisotopic (exact) mass is 525 g/mol. The molecule has 2 nitrogen and oxygen atoms in total. The van der Waals surface area contributed by atoms with Crippen LogP contribution >= 0.6 is 31.9 Å². The first-order valence-corrected chi connectivity index (χ1v) is 12.2. The molecule has 4 heteroatoms. The van der Waals surface area contributed by atoms with Crippen LogP contribution < -0.4 is 0 Å². The number of hydrogen-bond acceptors (Lipinski definition) is 2. The van der Waals surface area contributed by atoms with Gasteiger partial charge < -0.3 is 5.11 Å². The third-order valence-electron chi connectivity index (χ3n) is 6.83. The predicted molar refractivity (Wildman–Crippen MR) is 128 cm³/mol. The van der Waals surface area contributed by atoms with E-state index in [1.165, 1.54) is 11.1 Å². The topological polar surface area (TPSA) is 23.5 Å². The molecule has 0 spiro atoms. The fourth-order valence-corrected chi connectivity index (χ4v) is 6.55. The maximum absolute atomic E-state index is 11.6. The molecule has 5 rings (SSSR count). The minimum atomic E-state index is -0.740. The maximum Gasteiger partial charge on any atom is 0.0926 e. The summed E-state index contributed by atoms with van der Waals surface area (Å²) >= 11 is 7.63. The van der Waals surface area contributed by atoms with Gasteiger partial charge in [0.25, 0.3) is 0 Å². The van der Waals surface area contributed by atoms with Crippen LogP contribution in [0.4, 0.5) is 0 Å². The molecule has 0 aliphatic carbocycles. The van der Waals surface area contributed by atoms with Crippen LogP contribution in [0, 0.1) is 0 Å². The molecule has 3 aromatic rings. The normalized spacial score (nSPS) is 26.3. The zero-order valence-electron chi connectivity index (χ0n) is 16.7. The number of fused-ring (bicyclic) bond motifs is 2. The highest BCUT2D eigenvalue weighted by atomic mass is 79.9. The largest absolute Gasteiger partial charge is 0.385 e. The van der Waals surface area contributed by atoms with Gasteiger partial charge in [-0.2, -0.15) is 0 Å². The zero-order valence-corrected chi connectivity index (χ0v) is 19.9. The van der Waals surface area contributed by atoms with Crippen LogP contribution in [0.25, 0.3) is 0 Å². The number of benzene rings is 3. The lowest BCUT2D eigenvalue weighted by atomic mass is 9.79. The van der Waals surface area contributed by atoms with Crippen molar-refractivity contribution in [1.29, 1.82) is 0 Å². The van der Waals surface area contributed by atoms with Gasteiger partial charge in [-0.1, -0.05) is 98.6 Å². The Labute approximate surface area is 195 Å². The lowest BCUT2D eigenvalue weighted by Gasteiger charge is -2.48. The van der Waals surface area contributed by atoms with E-state index in [0.717, 1.165) is 40.2 Å². The van der Waals surface area contributed by atoms with Crippen molar-refractivity contribution in [2.24, 2.45) is 0 Å². The Morgan fingerprint density at radius 3 is 1.70 bits per heavy atom. The van der Waals surface area contributed by atoms with Crippen LogP contribution in [-0.4, -0.2) is 22.1 Å². The second kappa shape index (κ2) is 8.23. The van der Waals surface area contributed by atoms with Crippen molar-refractivity contribution in [3.8, 4) is 0 Å². The first-order valence-electron chi connectivity index (χ1n) is 10.6. The third-order valence-corrected chi connectivity index (χ3v) is 8.28. The van der Waals surface area contributed by atoms with Gasteiger partial charge >= 0.3 is 0 Å². The van der Waals surface area contributed by atoms with Crippen molar-refractivity contribution in [3.05, 3.63) is 104 Å². The van der Waals surface area contributed by atoms with E-state index in [-0.39, 0.29) is 6.04 Å². The van der Waals surface area contributed by atoms with Crippen LogP contribution in [0.5, 0.6) is 0 Å². The van der Waals surface area contributed by atoms with Crippen molar-refractivity contribution >= 4 is 31.9 Å². The fraction of sp³-hybridized carbons (Fsp3) is 0.308. The van der Waals surface area contributed by atoms with Crippen LogP contribution in [0.15, 0.2) is 87.8 Å². The summed E-state index contributed by atoms with van der Waals surface area (Å²) in [6, 6.07) is 28.2. The first kappa shape index (κ1) is 20.4. The molecule has 2 aliphatic heterocycles. The summed E-state index contributed by atoms with van der Waals surface area (Å²) in [5.41, 5.74) is 2.88. The van der Waals surface area contributed by atoms with E-state index >= 15 is 0 Å². The number of aliphatic hydroxyl groups is 1. The molecule has 0 amide bonds. The van der Waals surface area contributed by atoms with Gasteiger partial charge in [-0.25, -0.2) is 0 Å². The summed E-state index contributed by atoms with van der Waals surface area (Å²) in [6.45, 7) is 0. The minimum absolute atomic E-state index is 0.147.